The number of allylic oxidation sites excluding steroid dienone is 1. The molecule has 2 aromatic rings. The Labute approximate surface area is 156 Å². The topological polar surface area (TPSA) is 55.5 Å². The van der Waals surface area contributed by atoms with E-state index < -0.39 is 0 Å². The van der Waals surface area contributed by atoms with Crippen LogP contribution in [0.3, 0.4) is 0 Å². The van der Waals surface area contributed by atoms with E-state index in [-0.39, 0.29) is 0 Å². The highest BCUT2D eigenvalue weighted by molar-refractivity contribution is 5.82. The fourth-order valence-electron chi connectivity index (χ4n) is 3.59. The molecule has 3 heteroatoms. The van der Waals surface area contributed by atoms with E-state index in [9.17, 15) is 5.11 Å². The smallest absolute Gasteiger partial charge is 0.119 e. The molecule has 0 unspecified atom stereocenters. The van der Waals surface area contributed by atoms with Crippen molar-refractivity contribution in [2.24, 2.45) is 5.73 Å². The van der Waals surface area contributed by atoms with Crippen molar-refractivity contribution in [1.29, 1.82) is 0 Å². The molecule has 0 bridgehead atoms. The SMILES string of the molecule is NCCCCOc1ccc(C(=C2CCCCC2)c2ccc(O)cc2)cc1. The van der Waals surface area contributed by atoms with Crippen LogP contribution in [0.15, 0.2) is 54.1 Å². The summed E-state index contributed by atoms with van der Waals surface area (Å²) in [5, 5.41) is 9.64. The molecule has 0 atom stereocenters. The molecule has 0 aliphatic heterocycles. The summed E-state index contributed by atoms with van der Waals surface area (Å²) in [6.45, 7) is 1.42. The lowest BCUT2D eigenvalue weighted by molar-refractivity contribution is 0.308. The van der Waals surface area contributed by atoms with Crippen molar-refractivity contribution in [3.05, 3.63) is 65.2 Å². The van der Waals surface area contributed by atoms with Gasteiger partial charge >= 0.3 is 0 Å². The second-order valence-corrected chi connectivity index (χ2v) is 6.95. The molecule has 0 radical (unpaired) electrons. The molecule has 26 heavy (non-hydrogen) atoms. The van der Waals surface area contributed by atoms with Crippen LogP contribution in [-0.4, -0.2) is 18.3 Å². The van der Waals surface area contributed by atoms with Crippen LogP contribution < -0.4 is 10.5 Å². The number of unbranched alkanes of at least 4 members (excludes halogenated alkanes) is 1. The molecule has 1 saturated carbocycles. The van der Waals surface area contributed by atoms with Crippen LogP contribution in [0.1, 0.15) is 56.1 Å². The average Bonchev–Trinajstić information content (AvgIpc) is 2.69. The molecule has 1 fully saturated rings. The number of rotatable bonds is 7. The molecule has 3 nitrogen and oxygen atoms in total. The van der Waals surface area contributed by atoms with Crippen LogP contribution >= 0.6 is 0 Å². The second-order valence-electron chi connectivity index (χ2n) is 6.95. The van der Waals surface area contributed by atoms with E-state index in [2.05, 4.69) is 24.3 Å². The quantitative estimate of drug-likeness (QED) is 0.668. The summed E-state index contributed by atoms with van der Waals surface area (Å²) in [5.41, 5.74) is 10.8. The number of benzene rings is 2. The molecule has 0 spiro atoms. The number of hydrogen-bond acceptors (Lipinski definition) is 3. The summed E-state index contributed by atoms with van der Waals surface area (Å²) in [6, 6.07) is 16.0. The molecule has 0 heterocycles. The van der Waals surface area contributed by atoms with Crippen LogP contribution in [0.4, 0.5) is 0 Å². The Bertz CT molecular complexity index is 709. The lowest BCUT2D eigenvalue weighted by Gasteiger charge is -2.20. The van der Waals surface area contributed by atoms with Gasteiger partial charge in [0.25, 0.3) is 0 Å². The maximum atomic E-state index is 9.64. The molecule has 3 N–H and O–H groups in total. The monoisotopic (exact) mass is 351 g/mol. The van der Waals surface area contributed by atoms with Crippen LogP contribution in [-0.2, 0) is 0 Å². The van der Waals surface area contributed by atoms with Gasteiger partial charge in [0.2, 0.25) is 0 Å². The van der Waals surface area contributed by atoms with E-state index in [1.165, 1.54) is 41.5 Å². The van der Waals surface area contributed by atoms with E-state index in [0.717, 1.165) is 31.4 Å². The maximum absolute atomic E-state index is 9.64. The Morgan fingerprint density at radius 2 is 1.46 bits per heavy atom. The first-order valence-electron chi connectivity index (χ1n) is 9.72. The highest BCUT2D eigenvalue weighted by Gasteiger charge is 2.15. The zero-order valence-corrected chi connectivity index (χ0v) is 15.4. The first-order valence-corrected chi connectivity index (χ1v) is 9.72. The van der Waals surface area contributed by atoms with E-state index in [1.807, 2.05) is 12.1 Å². The molecule has 3 rings (SSSR count). The largest absolute Gasteiger partial charge is 0.508 e. The molecule has 1 aliphatic rings. The lowest BCUT2D eigenvalue weighted by atomic mass is 9.85. The Kier molecular flexibility index (Phi) is 6.73. The van der Waals surface area contributed by atoms with Crippen molar-refractivity contribution >= 4 is 5.57 Å². The molecule has 1 aliphatic carbocycles. The van der Waals surface area contributed by atoms with Gasteiger partial charge in [-0.05, 0) is 86.0 Å². The molecular weight excluding hydrogens is 322 g/mol. The van der Waals surface area contributed by atoms with Crippen molar-refractivity contribution in [2.45, 2.75) is 44.9 Å². The van der Waals surface area contributed by atoms with Gasteiger partial charge in [0.15, 0.2) is 0 Å². The van der Waals surface area contributed by atoms with Gasteiger partial charge in [0.05, 0.1) is 6.61 Å². The molecule has 0 saturated heterocycles. The van der Waals surface area contributed by atoms with Crippen molar-refractivity contribution < 1.29 is 9.84 Å². The van der Waals surface area contributed by atoms with Gasteiger partial charge in [-0.15, -0.1) is 0 Å². The van der Waals surface area contributed by atoms with Gasteiger partial charge in [-0.2, -0.15) is 0 Å². The van der Waals surface area contributed by atoms with Gasteiger partial charge in [-0.3, -0.25) is 0 Å². The number of hydrogen-bond donors (Lipinski definition) is 2. The summed E-state index contributed by atoms with van der Waals surface area (Å²) in [6.07, 6.45) is 8.15. The minimum Gasteiger partial charge on any atom is -0.508 e. The fourth-order valence-corrected chi connectivity index (χ4v) is 3.59. The average molecular weight is 351 g/mol. The number of nitrogens with two attached hydrogens (primary N) is 1. The second kappa shape index (κ2) is 9.44. The Hall–Kier alpha value is -2.26. The predicted octanol–water partition coefficient (Wildman–Crippen LogP) is 5.28. The van der Waals surface area contributed by atoms with Crippen LogP contribution in [0.5, 0.6) is 11.5 Å². The minimum atomic E-state index is 0.308. The van der Waals surface area contributed by atoms with Gasteiger partial charge < -0.3 is 15.6 Å². The molecular formula is C23H29NO2. The van der Waals surface area contributed by atoms with Crippen LogP contribution in [0, 0.1) is 0 Å². The number of phenolic OH excluding ortho intramolecular Hbond substituents is 1. The summed E-state index contributed by atoms with van der Waals surface area (Å²) >= 11 is 0. The van der Waals surface area contributed by atoms with Gasteiger partial charge in [-0.25, -0.2) is 0 Å². The van der Waals surface area contributed by atoms with Crippen LogP contribution in [0.25, 0.3) is 5.57 Å². The Morgan fingerprint density at radius 1 is 0.846 bits per heavy atom. The third-order valence-electron chi connectivity index (χ3n) is 4.98. The van der Waals surface area contributed by atoms with Crippen LogP contribution in [0.2, 0.25) is 0 Å². The first kappa shape index (κ1) is 18.5. The maximum Gasteiger partial charge on any atom is 0.119 e. The van der Waals surface area contributed by atoms with Crippen molar-refractivity contribution in [3.8, 4) is 11.5 Å². The standard InChI is InChI=1S/C23H29NO2/c24-16-4-5-17-26-22-14-10-20(11-15-22)23(18-6-2-1-3-7-18)19-8-12-21(25)13-9-19/h8-15,25H,1-7,16-17,24H2. The molecule has 0 amide bonds. The van der Waals surface area contributed by atoms with Crippen molar-refractivity contribution in [1.82, 2.24) is 0 Å². The number of ether oxygens (including phenoxy) is 1. The van der Waals surface area contributed by atoms with Crippen molar-refractivity contribution in [2.75, 3.05) is 13.2 Å². The fraction of sp³-hybridized carbons (Fsp3) is 0.391. The third kappa shape index (κ3) is 4.89. The zero-order valence-electron chi connectivity index (χ0n) is 15.4. The summed E-state index contributed by atoms with van der Waals surface area (Å²) in [7, 11) is 0. The normalized spacial score (nSPS) is 14.3. The third-order valence-corrected chi connectivity index (χ3v) is 4.98. The highest BCUT2D eigenvalue weighted by Crippen LogP contribution is 2.36. The van der Waals surface area contributed by atoms with E-state index in [4.69, 9.17) is 10.5 Å². The minimum absolute atomic E-state index is 0.308. The van der Waals surface area contributed by atoms with Crippen molar-refractivity contribution in [3.63, 3.8) is 0 Å². The summed E-state index contributed by atoms with van der Waals surface area (Å²) < 4.78 is 5.81. The lowest BCUT2D eigenvalue weighted by Crippen LogP contribution is -2.03. The zero-order chi connectivity index (χ0) is 18.2. The van der Waals surface area contributed by atoms with Gasteiger partial charge in [0.1, 0.15) is 11.5 Å². The Morgan fingerprint density at radius 3 is 2.08 bits per heavy atom. The summed E-state index contributed by atoms with van der Waals surface area (Å²) in [4.78, 5) is 0. The number of aromatic hydroxyl groups is 1. The van der Waals surface area contributed by atoms with Gasteiger partial charge in [-0.1, -0.05) is 36.3 Å². The first-order chi connectivity index (χ1) is 12.8. The molecule has 138 valence electrons. The van der Waals surface area contributed by atoms with E-state index in [0.29, 0.717) is 18.9 Å². The van der Waals surface area contributed by atoms with E-state index in [1.54, 1.807) is 12.1 Å². The van der Waals surface area contributed by atoms with Gasteiger partial charge in [0, 0.05) is 0 Å². The van der Waals surface area contributed by atoms with E-state index >= 15 is 0 Å². The molecule has 2 aromatic carbocycles. The summed E-state index contributed by atoms with van der Waals surface area (Å²) in [5.74, 6) is 1.22. The number of phenols is 1. The Balaban J connectivity index is 1.84. The predicted molar refractivity (Wildman–Crippen MR) is 107 cm³/mol. The molecule has 0 aromatic heterocycles. The highest BCUT2D eigenvalue weighted by atomic mass is 16.5.